The fourth-order valence-corrected chi connectivity index (χ4v) is 1.27. The number of likely N-dealkylation sites (N-methyl/N-ethyl adjacent to an activating group) is 1. The molecule has 15 heavy (non-hydrogen) atoms. The number of nitrogens with zero attached hydrogens (tertiary/aromatic N) is 2. The molecule has 0 spiro atoms. The van der Waals surface area contributed by atoms with Crippen LogP contribution in [-0.4, -0.2) is 53.5 Å². The number of aromatic nitrogens is 3. The minimum Gasteiger partial charge on any atom is -0.378 e. The molecule has 0 fully saturated rings. The number of aromatic amines is 2. The summed E-state index contributed by atoms with van der Waals surface area (Å²) in [5.74, 6) is 0. The smallest absolute Gasteiger partial charge is 0.342 e. The van der Waals surface area contributed by atoms with Gasteiger partial charge in [-0.05, 0) is 26.3 Å². The third-order valence-corrected chi connectivity index (χ3v) is 2.23. The summed E-state index contributed by atoms with van der Waals surface area (Å²) in [5.41, 5.74) is -0.226. The summed E-state index contributed by atoms with van der Waals surface area (Å²) in [7, 11) is 3.96. The van der Waals surface area contributed by atoms with Crippen LogP contribution in [0.3, 0.4) is 0 Å². The van der Waals surface area contributed by atoms with Crippen LogP contribution in [0.4, 0.5) is 0 Å². The molecule has 0 radical (unpaired) electrons. The lowest BCUT2D eigenvalue weighted by Gasteiger charge is -2.09. The molecule has 0 saturated heterocycles. The Balaban J connectivity index is 2.27. The van der Waals surface area contributed by atoms with E-state index in [4.69, 9.17) is 17.0 Å². The van der Waals surface area contributed by atoms with E-state index < -0.39 is 0 Å². The molecule has 0 aliphatic rings. The number of ether oxygens (including phenoxy) is 1. The fraction of sp³-hybridized carbons (Fsp3) is 0.750. The Morgan fingerprint density at radius 1 is 1.40 bits per heavy atom. The zero-order valence-corrected chi connectivity index (χ0v) is 9.76. The molecule has 2 N–H and O–H groups in total. The Bertz CT molecular complexity index is 364. The molecule has 0 aliphatic heterocycles. The lowest BCUT2D eigenvalue weighted by atomic mass is 10.6. The van der Waals surface area contributed by atoms with Crippen LogP contribution in [0.25, 0.3) is 0 Å². The maximum Gasteiger partial charge on any atom is 0.342 e. The molecule has 1 aromatic heterocycles. The summed E-state index contributed by atoms with van der Waals surface area (Å²) in [4.78, 5) is 13.2. The molecule has 0 bridgehead atoms. The first kappa shape index (κ1) is 12.2. The molecule has 86 valence electrons. The Labute approximate surface area is 92.8 Å². The Hall–Kier alpha value is -0.920. The van der Waals surface area contributed by atoms with Gasteiger partial charge in [-0.3, -0.25) is 9.67 Å². The van der Waals surface area contributed by atoms with Crippen LogP contribution in [0.5, 0.6) is 0 Å². The number of rotatable bonds is 6. The van der Waals surface area contributed by atoms with Gasteiger partial charge in [-0.2, -0.15) is 0 Å². The molecule has 1 rings (SSSR count). The van der Waals surface area contributed by atoms with Gasteiger partial charge in [-0.1, -0.05) is 0 Å². The molecular weight excluding hydrogens is 216 g/mol. The third kappa shape index (κ3) is 3.98. The van der Waals surface area contributed by atoms with Gasteiger partial charge in [0.15, 0.2) is 4.77 Å². The van der Waals surface area contributed by atoms with Crippen molar-refractivity contribution < 1.29 is 4.74 Å². The molecule has 7 heteroatoms. The maximum absolute atomic E-state index is 11.2. The predicted molar refractivity (Wildman–Crippen MR) is 59.6 cm³/mol. The Morgan fingerprint density at radius 2 is 2.13 bits per heavy atom. The maximum atomic E-state index is 11.2. The lowest BCUT2D eigenvalue weighted by Crippen LogP contribution is -2.22. The van der Waals surface area contributed by atoms with Gasteiger partial charge in [0, 0.05) is 6.54 Å². The standard InChI is InChI=1S/C8H16N4O2S/c1-11(2)3-5-14-6-4-12-7(13)9-10-8(12)15/h3-6H2,1-2H3,(H,9,13)(H,10,15). The molecule has 1 aromatic rings. The van der Waals surface area contributed by atoms with Gasteiger partial charge in [-0.25, -0.2) is 9.89 Å². The molecular formula is C8H16N4O2S. The van der Waals surface area contributed by atoms with Crippen molar-refractivity contribution in [1.29, 1.82) is 0 Å². The SMILES string of the molecule is CN(C)CCOCCn1c(=O)[nH][nH]c1=S. The highest BCUT2D eigenvalue weighted by Crippen LogP contribution is 1.84. The van der Waals surface area contributed by atoms with Gasteiger partial charge in [0.1, 0.15) is 0 Å². The zero-order valence-electron chi connectivity index (χ0n) is 8.95. The summed E-state index contributed by atoms with van der Waals surface area (Å²) in [6.07, 6.45) is 0. The van der Waals surface area contributed by atoms with Gasteiger partial charge < -0.3 is 9.64 Å². The number of hydrogen-bond acceptors (Lipinski definition) is 4. The van der Waals surface area contributed by atoms with E-state index in [2.05, 4.69) is 10.2 Å². The summed E-state index contributed by atoms with van der Waals surface area (Å²) in [6.45, 7) is 2.49. The molecule has 0 amide bonds. The Kier molecular flexibility index (Phi) is 4.73. The van der Waals surface area contributed by atoms with Crippen molar-refractivity contribution in [3.8, 4) is 0 Å². The van der Waals surface area contributed by atoms with Crippen LogP contribution in [0.2, 0.25) is 0 Å². The quantitative estimate of drug-likeness (QED) is 0.527. The summed E-state index contributed by atoms with van der Waals surface area (Å²) < 4.78 is 7.19. The van der Waals surface area contributed by atoms with Gasteiger partial charge in [-0.15, -0.1) is 0 Å². The average molecular weight is 232 g/mol. The van der Waals surface area contributed by atoms with Gasteiger partial charge in [0.2, 0.25) is 0 Å². The van der Waals surface area contributed by atoms with E-state index in [1.165, 1.54) is 4.57 Å². The number of hydrogen-bond donors (Lipinski definition) is 2. The van der Waals surface area contributed by atoms with Gasteiger partial charge in [0.25, 0.3) is 0 Å². The van der Waals surface area contributed by atoms with Crippen molar-refractivity contribution in [2.45, 2.75) is 6.54 Å². The van der Waals surface area contributed by atoms with E-state index in [0.29, 0.717) is 24.5 Å². The fourth-order valence-electron chi connectivity index (χ4n) is 1.04. The van der Waals surface area contributed by atoms with E-state index >= 15 is 0 Å². The van der Waals surface area contributed by atoms with Crippen molar-refractivity contribution in [1.82, 2.24) is 19.7 Å². The van der Waals surface area contributed by atoms with Crippen molar-refractivity contribution in [2.75, 3.05) is 33.9 Å². The van der Waals surface area contributed by atoms with E-state index in [1.807, 2.05) is 19.0 Å². The van der Waals surface area contributed by atoms with Crippen LogP contribution in [0, 0.1) is 4.77 Å². The first-order chi connectivity index (χ1) is 7.11. The van der Waals surface area contributed by atoms with Crippen molar-refractivity contribution in [3.63, 3.8) is 0 Å². The van der Waals surface area contributed by atoms with Crippen LogP contribution in [0.15, 0.2) is 4.79 Å². The van der Waals surface area contributed by atoms with E-state index in [0.717, 1.165) is 6.54 Å². The normalized spacial score (nSPS) is 11.1. The number of nitrogens with one attached hydrogen (secondary N) is 2. The predicted octanol–water partition coefficient (Wildman–Crippen LogP) is -0.188. The van der Waals surface area contributed by atoms with Gasteiger partial charge >= 0.3 is 5.69 Å². The topological polar surface area (TPSA) is 66.0 Å². The molecule has 0 atom stereocenters. The summed E-state index contributed by atoms with van der Waals surface area (Å²) >= 11 is 4.90. The van der Waals surface area contributed by atoms with Gasteiger partial charge in [0.05, 0.1) is 19.8 Å². The second-order valence-electron chi connectivity index (χ2n) is 3.43. The summed E-state index contributed by atoms with van der Waals surface area (Å²) in [5, 5.41) is 4.98. The highest BCUT2D eigenvalue weighted by Gasteiger charge is 1.99. The first-order valence-corrected chi connectivity index (χ1v) is 5.12. The van der Waals surface area contributed by atoms with E-state index in [-0.39, 0.29) is 5.69 Å². The van der Waals surface area contributed by atoms with Crippen LogP contribution in [-0.2, 0) is 11.3 Å². The van der Waals surface area contributed by atoms with Crippen molar-refractivity contribution in [3.05, 3.63) is 15.3 Å². The third-order valence-electron chi connectivity index (χ3n) is 1.91. The molecule has 0 aromatic carbocycles. The largest absolute Gasteiger partial charge is 0.378 e. The van der Waals surface area contributed by atoms with E-state index in [1.54, 1.807) is 0 Å². The van der Waals surface area contributed by atoms with E-state index in [9.17, 15) is 4.79 Å². The van der Waals surface area contributed by atoms with Crippen molar-refractivity contribution in [2.24, 2.45) is 0 Å². The van der Waals surface area contributed by atoms with Crippen LogP contribution >= 0.6 is 12.2 Å². The van der Waals surface area contributed by atoms with Crippen LogP contribution < -0.4 is 5.69 Å². The Morgan fingerprint density at radius 3 is 2.67 bits per heavy atom. The summed E-state index contributed by atoms with van der Waals surface area (Å²) in [6, 6.07) is 0. The number of H-pyrrole nitrogens is 2. The monoisotopic (exact) mass is 232 g/mol. The minimum atomic E-state index is -0.226. The first-order valence-electron chi connectivity index (χ1n) is 4.71. The highest BCUT2D eigenvalue weighted by molar-refractivity contribution is 7.71. The molecule has 1 heterocycles. The second kappa shape index (κ2) is 5.84. The zero-order chi connectivity index (χ0) is 11.3. The molecule has 0 unspecified atom stereocenters. The van der Waals surface area contributed by atoms with Crippen molar-refractivity contribution >= 4 is 12.2 Å². The molecule has 0 saturated carbocycles. The second-order valence-corrected chi connectivity index (χ2v) is 3.81. The minimum absolute atomic E-state index is 0.226. The molecule has 0 aliphatic carbocycles. The lowest BCUT2D eigenvalue weighted by molar-refractivity contribution is 0.110. The highest BCUT2D eigenvalue weighted by atomic mass is 32.1. The average Bonchev–Trinajstić information content (AvgIpc) is 2.47. The molecule has 6 nitrogen and oxygen atoms in total. The van der Waals surface area contributed by atoms with Crippen LogP contribution in [0.1, 0.15) is 0 Å².